The fourth-order valence-electron chi connectivity index (χ4n) is 2.26. The second-order valence-electron chi connectivity index (χ2n) is 5.12. The highest BCUT2D eigenvalue weighted by molar-refractivity contribution is 9.11. The number of fused-ring (bicyclic) bond motifs is 1. The molecule has 0 aliphatic carbocycles. The van der Waals surface area contributed by atoms with Crippen LogP contribution in [0.5, 0.6) is 5.75 Å². The van der Waals surface area contributed by atoms with E-state index in [9.17, 15) is 4.79 Å². The van der Waals surface area contributed by atoms with Crippen LogP contribution in [0.25, 0.3) is 10.1 Å². The average molecular weight is 439 g/mol. The summed E-state index contributed by atoms with van der Waals surface area (Å²) in [6.45, 7) is 2.05. The number of carbonyl (C=O) groups is 1. The van der Waals surface area contributed by atoms with Crippen LogP contribution in [0.4, 0.5) is 0 Å². The van der Waals surface area contributed by atoms with Crippen LogP contribution in [-0.2, 0) is 9.53 Å². The highest BCUT2D eigenvalue weighted by Gasteiger charge is 2.26. The molecule has 0 saturated carbocycles. The first kappa shape index (κ1) is 17.9. The molecule has 3 N–H and O–H groups in total. The number of hydrogen-bond acceptors (Lipinski definition) is 6. The fraction of sp³-hybridized carbons (Fsp3) is 0.176. The molecule has 8 heteroatoms. The van der Waals surface area contributed by atoms with Crippen LogP contribution in [-0.4, -0.2) is 18.4 Å². The lowest BCUT2D eigenvalue weighted by molar-refractivity contribution is -0.151. The smallest absolute Gasteiger partial charge is 0.352 e. The molecule has 0 radical (unpaired) electrons. The zero-order chi connectivity index (χ0) is 18.0. The third-order valence-corrected chi connectivity index (χ3v) is 6.16. The number of nitrogen functional groups attached to an aromatic ring is 1. The Balaban J connectivity index is 1.91. The molecular formula is C17H15BrN2O3S2. The molecule has 2 aromatic heterocycles. The molecule has 0 amide bonds. The number of halogens is 1. The van der Waals surface area contributed by atoms with Gasteiger partial charge in [-0.1, -0.05) is 0 Å². The third kappa shape index (κ3) is 4.02. The van der Waals surface area contributed by atoms with Crippen molar-refractivity contribution < 1.29 is 14.3 Å². The van der Waals surface area contributed by atoms with Gasteiger partial charge in [-0.15, -0.1) is 22.7 Å². The van der Waals surface area contributed by atoms with Gasteiger partial charge in [-0.25, -0.2) is 4.79 Å². The topological polar surface area (TPSA) is 85.4 Å². The van der Waals surface area contributed by atoms with Gasteiger partial charge in [0.25, 0.3) is 0 Å². The van der Waals surface area contributed by atoms with Crippen molar-refractivity contribution in [1.82, 2.24) is 0 Å². The van der Waals surface area contributed by atoms with Crippen LogP contribution in [0.2, 0.25) is 0 Å². The summed E-state index contributed by atoms with van der Waals surface area (Å²) in [5.74, 6) is 0.177. The molecule has 5 nitrogen and oxygen atoms in total. The van der Waals surface area contributed by atoms with Crippen LogP contribution in [0.15, 0.2) is 40.2 Å². The number of nitrogens with two attached hydrogens (primary N) is 1. The molecule has 1 unspecified atom stereocenters. The van der Waals surface area contributed by atoms with E-state index in [1.165, 1.54) is 22.7 Å². The molecule has 0 saturated heterocycles. The zero-order valence-electron chi connectivity index (χ0n) is 13.2. The maximum Gasteiger partial charge on any atom is 0.352 e. The molecular weight excluding hydrogens is 424 g/mol. The maximum atomic E-state index is 12.3. The van der Waals surface area contributed by atoms with E-state index in [4.69, 9.17) is 20.6 Å². The number of benzene rings is 1. The summed E-state index contributed by atoms with van der Waals surface area (Å²) < 4.78 is 13.0. The Morgan fingerprint density at radius 1 is 1.28 bits per heavy atom. The van der Waals surface area contributed by atoms with Crippen LogP contribution in [0.3, 0.4) is 0 Å². The maximum absolute atomic E-state index is 12.3. The third-order valence-electron chi connectivity index (χ3n) is 3.36. The summed E-state index contributed by atoms with van der Waals surface area (Å²) >= 11 is 6.25. The first-order valence-corrected chi connectivity index (χ1v) is 9.87. The number of esters is 1. The number of amidine groups is 1. The SMILES string of the molecule is CCOC(=O)C(Oc1ccc2cc(C(=N)N)sc2c1)c1ccc(Br)s1. The minimum Gasteiger partial charge on any atom is -0.473 e. The van der Waals surface area contributed by atoms with Gasteiger partial charge in [0.15, 0.2) is 0 Å². The number of hydrogen-bond donors (Lipinski definition) is 2. The van der Waals surface area contributed by atoms with E-state index in [0.29, 0.717) is 10.6 Å². The Hall–Kier alpha value is -1.90. The second-order valence-corrected chi connectivity index (χ2v) is 8.69. The summed E-state index contributed by atoms with van der Waals surface area (Å²) in [7, 11) is 0. The quantitative estimate of drug-likeness (QED) is 0.332. The number of ether oxygens (including phenoxy) is 2. The molecule has 130 valence electrons. The van der Waals surface area contributed by atoms with Crippen molar-refractivity contribution in [3.8, 4) is 5.75 Å². The van der Waals surface area contributed by atoms with Crippen molar-refractivity contribution in [3.63, 3.8) is 0 Å². The average Bonchev–Trinajstić information content (AvgIpc) is 3.18. The predicted molar refractivity (Wildman–Crippen MR) is 105 cm³/mol. The molecule has 25 heavy (non-hydrogen) atoms. The van der Waals surface area contributed by atoms with Crippen molar-refractivity contribution >= 4 is 60.5 Å². The Morgan fingerprint density at radius 2 is 2.08 bits per heavy atom. The molecule has 0 spiro atoms. The van der Waals surface area contributed by atoms with Crippen molar-refractivity contribution in [2.24, 2.45) is 5.73 Å². The zero-order valence-corrected chi connectivity index (χ0v) is 16.5. The summed E-state index contributed by atoms with van der Waals surface area (Å²) in [6.07, 6.45) is -0.819. The van der Waals surface area contributed by atoms with Crippen LogP contribution in [0, 0.1) is 5.41 Å². The molecule has 2 heterocycles. The van der Waals surface area contributed by atoms with E-state index in [-0.39, 0.29) is 12.4 Å². The van der Waals surface area contributed by atoms with Crippen LogP contribution >= 0.6 is 38.6 Å². The normalized spacial score (nSPS) is 12.1. The highest BCUT2D eigenvalue weighted by Crippen LogP contribution is 2.34. The van der Waals surface area contributed by atoms with Gasteiger partial charge in [-0.05, 0) is 64.6 Å². The number of thiophene rings is 2. The fourth-order valence-corrected chi connectivity index (χ4v) is 4.66. The van der Waals surface area contributed by atoms with E-state index in [2.05, 4.69) is 15.9 Å². The van der Waals surface area contributed by atoms with Gasteiger partial charge in [0.05, 0.1) is 20.1 Å². The summed E-state index contributed by atoms with van der Waals surface area (Å²) in [5.41, 5.74) is 5.55. The molecule has 0 aliphatic rings. The van der Waals surface area contributed by atoms with Crippen LogP contribution in [0.1, 0.15) is 22.8 Å². The van der Waals surface area contributed by atoms with Gasteiger partial charge in [-0.2, -0.15) is 0 Å². The lowest BCUT2D eigenvalue weighted by atomic mass is 10.2. The molecule has 3 rings (SSSR count). The summed E-state index contributed by atoms with van der Waals surface area (Å²) in [6, 6.07) is 11.1. The van der Waals surface area contributed by atoms with Crippen molar-refractivity contribution in [2.45, 2.75) is 13.0 Å². The summed E-state index contributed by atoms with van der Waals surface area (Å²) in [4.78, 5) is 13.8. The molecule has 0 aliphatic heterocycles. The first-order valence-electron chi connectivity index (χ1n) is 7.44. The van der Waals surface area contributed by atoms with Gasteiger partial charge in [0.2, 0.25) is 6.10 Å². The minimum atomic E-state index is -0.819. The first-order chi connectivity index (χ1) is 12.0. The van der Waals surface area contributed by atoms with E-state index in [0.717, 1.165) is 18.7 Å². The summed E-state index contributed by atoms with van der Waals surface area (Å²) in [5, 5.41) is 8.53. The molecule has 0 fully saturated rings. The second kappa shape index (κ2) is 7.55. The van der Waals surface area contributed by atoms with E-state index in [1.54, 1.807) is 13.0 Å². The monoisotopic (exact) mass is 438 g/mol. The van der Waals surface area contributed by atoms with Gasteiger partial charge < -0.3 is 15.2 Å². The van der Waals surface area contributed by atoms with Gasteiger partial charge in [-0.3, -0.25) is 5.41 Å². The highest BCUT2D eigenvalue weighted by atomic mass is 79.9. The number of carbonyl (C=O) groups excluding carboxylic acids is 1. The van der Waals surface area contributed by atoms with Gasteiger partial charge in [0, 0.05) is 4.70 Å². The largest absolute Gasteiger partial charge is 0.473 e. The van der Waals surface area contributed by atoms with Crippen molar-refractivity contribution in [2.75, 3.05) is 6.61 Å². The molecule has 0 bridgehead atoms. The van der Waals surface area contributed by atoms with Gasteiger partial charge >= 0.3 is 5.97 Å². The van der Waals surface area contributed by atoms with Crippen LogP contribution < -0.4 is 10.5 Å². The molecule has 3 aromatic rings. The Labute approximate surface area is 161 Å². The predicted octanol–water partition coefficient (Wildman–Crippen LogP) is 4.69. The minimum absolute atomic E-state index is 0.0384. The van der Waals surface area contributed by atoms with Crippen molar-refractivity contribution in [1.29, 1.82) is 5.41 Å². The lowest BCUT2D eigenvalue weighted by Gasteiger charge is -2.16. The Morgan fingerprint density at radius 3 is 2.72 bits per heavy atom. The Kier molecular flexibility index (Phi) is 5.41. The Bertz CT molecular complexity index is 935. The van der Waals surface area contributed by atoms with Gasteiger partial charge in [0.1, 0.15) is 11.6 Å². The number of rotatable bonds is 6. The molecule has 1 atom stereocenters. The van der Waals surface area contributed by atoms with E-state index < -0.39 is 12.1 Å². The molecule has 1 aromatic carbocycles. The van der Waals surface area contributed by atoms with Crippen molar-refractivity contribution in [3.05, 3.63) is 49.9 Å². The van der Waals surface area contributed by atoms with E-state index >= 15 is 0 Å². The lowest BCUT2D eigenvalue weighted by Crippen LogP contribution is -2.20. The number of nitrogens with one attached hydrogen (secondary N) is 1. The standard InChI is InChI=1S/C17H15BrN2O3S2/c1-2-22-17(21)15(11-5-6-14(18)25-11)23-10-4-3-9-7-13(16(19)20)24-12(9)8-10/h3-8,15H,2H2,1H3,(H3,19,20). The van der Waals surface area contributed by atoms with E-state index in [1.807, 2.05) is 30.3 Å².